The van der Waals surface area contributed by atoms with E-state index in [2.05, 4.69) is 15.9 Å². The van der Waals surface area contributed by atoms with E-state index in [0.29, 0.717) is 11.3 Å². The molecule has 0 N–H and O–H groups in total. The summed E-state index contributed by atoms with van der Waals surface area (Å²) in [5, 5.41) is 0. The minimum atomic E-state index is 0.0214. The first-order chi connectivity index (χ1) is 6.50. The van der Waals surface area contributed by atoms with Gasteiger partial charge in [-0.3, -0.25) is 4.79 Å². The summed E-state index contributed by atoms with van der Waals surface area (Å²) in [5.41, 5.74) is 0.627. The van der Waals surface area contributed by atoms with Gasteiger partial charge in [-0.05, 0) is 39.0 Å². The van der Waals surface area contributed by atoms with Gasteiger partial charge in [-0.2, -0.15) is 0 Å². The highest BCUT2D eigenvalue weighted by Gasteiger charge is 2.09. The van der Waals surface area contributed by atoms with E-state index < -0.39 is 0 Å². The second-order valence-electron chi connectivity index (χ2n) is 3.36. The third-order valence-corrected chi connectivity index (χ3v) is 2.18. The van der Waals surface area contributed by atoms with E-state index >= 15 is 0 Å². The van der Waals surface area contributed by atoms with E-state index in [1.165, 1.54) is 6.92 Å². The van der Waals surface area contributed by atoms with Gasteiger partial charge >= 0.3 is 0 Å². The van der Waals surface area contributed by atoms with Crippen LogP contribution in [0.4, 0.5) is 0 Å². The third-order valence-electron chi connectivity index (χ3n) is 1.69. The second kappa shape index (κ2) is 4.60. The SMILES string of the molecule is CC(=O)c1ccc(Br)cc1OC(C)C. The Balaban J connectivity index is 3.09. The van der Waals surface area contributed by atoms with E-state index in [1.54, 1.807) is 6.07 Å². The fourth-order valence-corrected chi connectivity index (χ4v) is 1.48. The first-order valence-corrected chi connectivity index (χ1v) is 5.27. The van der Waals surface area contributed by atoms with Crippen molar-refractivity contribution in [2.75, 3.05) is 0 Å². The van der Waals surface area contributed by atoms with Gasteiger partial charge in [0.05, 0.1) is 11.7 Å². The van der Waals surface area contributed by atoms with Crippen LogP contribution in [0.1, 0.15) is 31.1 Å². The standard InChI is InChI=1S/C11H13BrO2/c1-7(2)14-11-6-9(12)4-5-10(11)8(3)13/h4-7H,1-3H3. The van der Waals surface area contributed by atoms with Gasteiger partial charge in [0.25, 0.3) is 0 Å². The van der Waals surface area contributed by atoms with Gasteiger partial charge < -0.3 is 4.74 Å². The normalized spacial score (nSPS) is 10.4. The van der Waals surface area contributed by atoms with Gasteiger partial charge in [-0.1, -0.05) is 15.9 Å². The number of hydrogen-bond donors (Lipinski definition) is 0. The first kappa shape index (κ1) is 11.2. The lowest BCUT2D eigenvalue weighted by Crippen LogP contribution is -2.08. The molecule has 0 aliphatic rings. The maximum absolute atomic E-state index is 11.3. The Kier molecular flexibility index (Phi) is 3.69. The minimum absolute atomic E-state index is 0.0214. The molecule has 0 heterocycles. The Morgan fingerprint density at radius 1 is 1.43 bits per heavy atom. The number of ether oxygens (including phenoxy) is 1. The molecule has 0 atom stereocenters. The monoisotopic (exact) mass is 256 g/mol. The molecule has 0 saturated heterocycles. The predicted octanol–water partition coefficient (Wildman–Crippen LogP) is 3.44. The van der Waals surface area contributed by atoms with Crippen LogP contribution in [0.2, 0.25) is 0 Å². The fourth-order valence-electron chi connectivity index (χ4n) is 1.14. The van der Waals surface area contributed by atoms with Crippen molar-refractivity contribution in [2.45, 2.75) is 26.9 Å². The largest absolute Gasteiger partial charge is 0.490 e. The topological polar surface area (TPSA) is 26.3 Å². The van der Waals surface area contributed by atoms with Crippen LogP contribution >= 0.6 is 15.9 Å². The van der Waals surface area contributed by atoms with E-state index in [4.69, 9.17) is 4.74 Å². The van der Waals surface area contributed by atoms with Crippen LogP contribution in [0, 0.1) is 0 Å². The van der Waals surface area contributed by atoms with Crippen molar-refractivity contribution in [2.24, 2.45) is 0 Å². The molecule has 0 spiro atoms. The number of Topliss-reactive ketones (excluding diaryl/α,β-unsaturated/α-hetero) is 1. The highest BCUT2D eigenvalue weighted by atomic mass is 79.9. The molecular formula is C11H13BrO2. The molecule has 1 aromatic carbocycles. The minimum Gasteiger partial charge on any atom is -0.490 e. The molecule has 0 aromatic heterocycles. The van der Waals surface area contributed by atoms with E-state index in [0.717, 1.165) is 4.47 Å². The van der Waals surface area contributed by atoms with Gasteiger partial charge in [0.2, 0.25) is 0 Å². The molecule has 76 valence electrons. The summed E-state index contributed by atoms with van der Waals surface area (Å²) in [6, 6.07) is 5.42. The van der Waals surface area contributed by atoms with E-state index in [-0.39, 0.29) is 11.9 Å². The summed E-state index contributed by atoms with van der Waals surface area (Å²) in [7, 11) is 0. The van der Waals surface area contributed by atoms with Gasteiger partial charge in [0.15, 0.2) is 5.78 Å². The Morgan fingerprint density at radius 3 is 2.57 bits per heavy atom. The highest BCUT2D eigenvalue weighted by Crippen LogP contribution is 2.25. The number of ketones is 1. The molecule has 1 rings (SSSR count). The Labute approximate surface area is 92.4 Å². The zero-order chi connectivity index (χ0) is 10.7. The van der Waals surface area contributed by atoms with Crippen LogP contribution in [-0.2, 0) is 0 Å². The molecule has 3 heteroatoms. The molecule has 1 aromatic rings. The van der Waals surface area contributed by atoms with E-state index in [1.807, 2.05) is 26.0 Å². The molecular weight excluding hydrogens is 244 g/mol. The highest BCUT2D eigenvalue weighted by molar-refractivity contribution is 9.10. The molecule has 0 radical (unpaired) electrons. The van der Waals surface area contributed by atoms with Crippen molar-refractivity contribution in [1.29, 1.82) is 0 Å². The van der Waals surface area contributed by atoms with Gasteiger partial charge in [0.1, 0.15) is 5.75 Å². The molecule has 0 fully saturated rings. The molecule has 0 amide bonds. The maximum Gasteiger partial charge on any atom is 0.163 e. The summed E-state index contributed by atoms with van der Waals surface area (Å²) >= 11 is 3.34. The van der Waals surface area contributed by atoms with Crippen LogP contribution in [0.25, 0.3) is 0 Å². The summed E-state index contributed by atoms with van der Waals surface area (Å²) in [4.78, 5) is 11.3. The van der Waals surface area contributed by atoms with Crippen LogP contribution < -0.4 is 4.74 Å². The maximum atomic E-state index is 11.3. The smallest absolute Gasteiger partial charge is 0.163 e. The van der Waals surface area contributed by atoms with Crippen molar-refractivity contribution in [3.63, 3.8) is 0 Å². The zero-order valence-corrected chi connectivity index (χ0v) is 10.1. The quantitative estimate of drug-likeness (QED) is 0.775. The van der Waals surface area contributed by atoms with Crippen LogP contribution in [-0.4, -0.2) is 11.9 Å². The first-order valence-electron chi connectivity index (χ1n) is 4.48. The number of halogens is 1. The Morgan fingerprint density at radius 2 is 2.07 bits per heavy atom. The second-order valence-corrected chi connectivity index (χ2v) is 4.28. The van der Waals surface area contributed by atoms with Crippen LogP contribution in [0.15, 0.2) is 22.7 Å². The number of rotatable bonds is 3. The number of hydrogen-bond acceptors (Lipinski definition) is 2. The lowest BCUT2D eigenvalue weighted by atomic mass is 10.1. The Hall–Kier alpha value is -0.830. The van der Waals surface area contributed by atoms with Crippen LogP contribution in [0.5, 0.6) is 5.75 Å². The summed E-state index contributed by atoms with van der Waals surface area (Å²) in [5.74, 6) is 0.662. The number of benzene rings is 1. The van der Waals surface area contributed by atoms with E-state index in [9.17, 15) is 4.79 Å². The van der Waals surface area contributed by atoms with Gasteiger partial charge in [-0.25, -0.2) is 0 Å². The fraction of sp³-hybridized carbons (Fsp3) is 0.364. The molecule has 0 aliphatic heterocycles. The van der Waals surface area contributed by atoms with Crippen molar-refractivity contribution in [3.05, 3.63) is 28.2 Å². The van der Waals surface area contributed by atoms with Crippen LogP contribution in [0.3, 0.4) is 0 Å². The molecule has 0 bridgehead atoms. The Bertz CT molecular complexity index is 345. The molecule has 0 unspecified atom stereocenters. The lowest BCUT2D eigenvalue weighted by molar-refractivity contribution is 0.101. The number of carbonyl (C=O) groups excluding carboxylic acids is 1. The summed E-state index contributed by atoms with van der Waals surface area (Å²) < 4.78 is 6.45. The van der Waals surface area contributed by atoms with Crippen molar-refractivity contribution >= 4 is 21.7 Å². The molecule has 0 saturated carbocycles. The predicted molar refractivity (Wildman–Crippen MR) is 59.9 cm³/mol. The number of carbonyl (C=O) groups is 1. The lowest BCUT2D eigenvalue weighted by Gasteiger charge is -2.12. The summed E-state index contributed by atoms with van der Waals surface area (Å²) in [6.45, 7) is 5.41. The average molecular weight is 257 g/mol. The summed E-state index contributed by atoms with van der Waals surface area (Å²) in [6.07, 6.45) is 0.0717. The average Bonchev–Trinajstić information content (AvgIpc) is 2.01. The zero-order valence-electron chi connectivity index (χ0n) is 8.50. The molecule has 2 nitrogen and oxygen atoms in total. The van der Waals surface area contributed by atoms with Gasteiger partial charge in [0, 0.05) is 4.47 Å². The molecule has 14 heavy (non-hydrogen) atoms. The molecule has 0 aliphatic carbocycles. The van der Waals surface area contributed by atoms with Crippen molar-refractivity contribution < 1.29 is 9.53 Å². The third kappa shape index (κ3) is 2.84. The van der Waals surface area contributed by atoms with Crippen molar-refractivity contribution in [3.8, 4) is 5.75 Å². The van der Waals surface area contributed by atoms with Gasteiger partial charge in [-0.15, -0.1) is 0 Å². The van der Waals surface area contributed by atoms with Crippen molar-refractivity contribution in [1.82, 2.24) is 0 Å².